The van der Waals surface area contributed by atoms with Gasteiger partial charge in [0.2, 0.25) is 0 Å². The fourth-order valence-corrected chi connectivity index (χ4v) is 6.89. The van der Waals surface area contributed by atoms with Crippen molar-refractivity contribution in [3.8, 4) is 0 Å². The number of esters is 1. The van der Waals surface area contributed by atoms with Crippen LogP contribution < -0.4 is 0 Å². The molecule has 0 radical (unpaired) electrons. The number of carbonyl (C=O) groups excluding carboxylic acids is 1. The number of methoxy groups -OCH3 is 1. The van der Waals surface area contributed by atoms with Gasteiger partial charge in [0.15, 0.2) is 0 Å². The Bertz CT molecular complexity index is 498. The van der Waals surface area contributed by atoms with Crippen LogP contribution >= 0.6 is 0 Å². The lowest BCUT2D eigenvalue weighted by Crippen LogP contribution is -2.35. The maximum atomic E-state index is 12.6. The highest BCUT2D eigenvalue weighted by atomic mass is 16.5. The van der Waals surface area contributed by atoms with Crippen molar-refractivity contribution in [3.05, 3.63) is 0 Å². The molecule has 7 atom stereocenters. The first-order valence-electron chi connectivity index (χ1n) is 11.0. The number of fused-ring (bicyclic) bond motifs is 3. The van der Waals surface area contributed by atoms with Gasteiger partial charge in [-0.2, -0.15) is 0 Å². The van der Waals surface area contributed by atoms with E-state index in [-0.39, 0.29) is 24.1 Å². The summed E-state index contributed by atoms with van der Waals surface area (Å²) in [6, 6.07) is 0. The number of hydrogen-bond acceptors (Lipinski definition) is 4. The van der Waals surface area contributed by atoms with Crippen LogP contribution in [0, 0.1) is 35.5 Å². The van der Waals surface area contributed by atoms with E-state index in [4.69, 9.17) is 9.47 Å². The van der Waals surface area contributed by atoms with E-state index in [2.05, 4.69) is 6.92 Å². The zero-order valence-electron chi connectivity index (χ0n) is 16.4. The normalized spacial score (nSPS) is 48.5. The van der Waals surface area contributed by atoms with E-state index < -0.39 is 0 Å². The minimum atomic E-state index is -0.0882. The second kappa shape index (κ2) is 7.79. The fraction of sp³-hybridized carbons (Fsp3) is 0.955. The molecule has 0 amide bonds. The molecule has 4 aliphatic carbocycles. The molecule has 4 aliphatic rings. The van der Waals surface area contributed by atoms with Gasteiger partial charge in [-0.05, 0) is 93.8 Å². The molecule has 4 nitrogen and oxygen atoms in total. The van der Waals surface area contributed by atoms with Gasteiger partial charge < -0.3 is 14.6 Å². The van der Waals surface area contributed by atoms with Crippen molar-refractivity contribution in [1.29, 1.82) is 0 Å². The molecule has 0 aromatic carbocycles. The number of aliphatic hydroxyl groups is 1. The Morgan fingerprint density at radius 1 is 0.808 bits per heavy atom. The third-order valence-corrected chi connectivity index (χ3v) is 8.36. The number of hydrogen-bond donors (Lipinski definition) is 1. The lowest BCUT2D eigenvalue weighted by molar-refractivity contribution is -0.159. The third kappa shape index (κ3) is 3.56. The van der Waals surface area contributed by atoms with E-state index in [1.807, 2.05) is 0 Å². The molecule has 1 N–H and O–H groups in total. The predicted molar refractivity (Wildman–Crippen MR) is 99.5 cm³/mol. The Balaban J connectivity index is 1.31. The molecule has 4 heteroatoms. The minimum Gasteiger partial charge on any atom is -0.462 e. The molecule has 0 heterocycles. The fourth-order valence-electron chi connectivity index (χ4n) is 6.89. The Hall–Kier alpha value is -0.610. The van der Waals surface area contributed by atoms with Crippen LogP contribution in [0.2, 0.25) is 0 Å². The second-order valence-electron chi connectivity index (χ2n) is 9.56. The van der Waals surface area contributed by atoms with E-state index in [0.29, 0.717) is 23.9 Å². The van der Waals surface area contributed by atoms with Crippen LogP contribution in [0.3, 0.4) is 0 Å². The molecule has 0 bridgehead atoms. The van der Waals surface area contributed by atoms with Gasteiger partial charge >= 0.3 is 5.97 Å². The van der Waals surface area contributed by atoms with Gasteiger partial charge in [-0.3, -0.25) is 4.79 Å². The Labute approximate surface area is 158 Å². The van der Waals surface area contributed by atoms with Crippen LogP contribution in [0.4, 0.5) is 0 Å². The smallest absolute Gasteiger partial charge is 0.309 e. The van der Waals surface area contributed by atoms with Crippen molar-refractivity contribution >= 4 is 5.97 Å². The first-order chi connectivity index (χ1) is 12.6. The summed E-state index contributed by atoms with van der Waals surface area (Å²) in [5.41, 5.74) is 0. The highest BCUT2D eigenvalue weighted by Crippen LogP contribution is 2.57. The highest BCUT2D eigenvalue weighted by Gasteiger charge is 2.52. The van der Waals surface area contributed by atoms with Crippen molar-refractivity contribution in [1.82, 2.24) is 0 Å². The molecule has 0 spiro atoms. The molecule has 4 saturated carbocycles. The van der Waals surface area contributed by atoms with Crippen molar-refractivity contribution in [3.63, 3.8) is 0 Å². The van der Waals surface area contributed by atoms with E-state index in [9.17, 15) is 9.90 Å². The average molecular weight is 365 g/mol. The first kappa shape index (κ1) is 18.7. The van der Waals surface area contributed by atoms with E-state index in [0.717, 1.165) is 63.2 Å². The summed E-state index contributed by atoms with van der Waals surface area (Å²) in [4.78, 5) is 12.6. The number of aliphatic hydroxyl groups excluding tert-OH is 1. The van der Waals surface area contributed by atoms with Crippen LogP contribution in [0.1, 0.15) is 71.1 Å². The van der Waals surface area contributed by atoms with Gasteiger partial charge in [-0.25, -0.2) is 0 Å². The van der Waals surface area contributed by atoms with Crippen molar-refractivity contribution in [2.24, 2.45) is 35.5 Å². The third-order valence-electron chi connectivity index (χ3n) is 8.36. The summed E-state index contributed by atoms with van der Waals surface area (Å²) in [6.07, 6.45) is 10.6. The molecular weight excluding hydrogens is 328 g/mol. The molecule has 7 unspecified atom stereocenters. The van der Waals surface area contributed by atoms with Crippen molar-refractivity contribution < 1.29 is 19.4 Å². The monoisotopic (exact) mass is 364 g/mol. The van der Waals surface area contributed by atoms with Crippen LogP contribution in [0.25, 0.3) is 0 Å². The molecule has 0 aliphatic heterocycles. The van der Waals surface area contributed by atoms with Gasteiger partial charge in [-0.1, -0.05) is 6.92 Å². The molecular formula is C22H36O4. The highest BCUT2D eigenvalue weighted by molar-refractivity contribution is 5.72. The first-order valence-corrected chi connectivity index (χ1v) is 11.0. The van der Waals surface area contributed by atoms with Crippen molar-refractivity contribution in [2.45, 2.75) is 89.4 Å². The summed E-state index contributed by atoms with van der Waals surface area (Å²) in [5, 5.41) is 10.1. The Kier molecular flexibility index (Phi) is 5.61. The Morgan fingerprint density at radius 3 is 2.12 bits per heavy atom. The lowest BCUT2D eigenvalue weighted by Gasteiger charge is -2.37. The second-order valence-corrected chi connectivity index (χ2v) is 9.56. The van der Waals surface area contributed by atoms with Gasteiger partial charge in [0, 0.05) is 7.11 Å². The van der Waals surface area contributed by atoms with Crippen LogP contribution in [-0.4, -0.2) is 36.5 Å². The molecule has 0 aromatic heterocycles. The SMILES string of the molecule is COC1CCC(C(=O)OC2CCC3C(C2)C(C)C2CC(O)CCC23)CC1. The number of carbonyl (C=O) groups is 1. The predicted octanol–water partition coefficient (Wildman–Crippen LogP) is 3.95. The summed E-state index contributed by atoms with van der Waals surface area (Å²) < 4.78 is 11.4. The number of ether oxygens (including phenoxy) is 2. The zero-order valence-corrected chi connectivity index (χ0v) is 16.4. The summed E-state index contributed by atoms with van der Waals surface area (Å²) in [5.74, 6) is 3.77. The van der Waals surface area contributed by atoms with Crippen LogP contribution in [0.5, 0.6) is 0 Å². The summed E-state index contributed by atoms with van der Waals surface area (Å²) in [6.45, 7) is 2.39. The molecule has 26 heavy (non-hydrogen) atoms. The lowest BCUT2D eigenvalue weighted by atomic mass is 9.72. The van der Waals surface area contributed by atoms with Crippen LogP contribution in [0.15, 0.2) is 0 Å². The minimum absolute atomic E-state index is 0.0430. The summed E-state index contributed by atoms with van der Waals surface area (Å²) >= 11 is 0. The number of rotatable bonds is 3. The van der Waals surface area contributed by atoms with Gasteiger partial charge in [0.25, 0.3) is 0 Å². The molecule has 4 rings (SSSR count). The average Bonchev–Trinajstić information content (AvgIpc) is 2.93. The standard InChI is InChI=1S/C22H36O4/c1-13-20-11-15(23)5-9-18(20)19-10-8-17(12-21(13)19)26-22(24)14-3-6-16(25-2)7-4-14/h13-21,23H,3-12H2,1-2H3. The molecule has 0 saturated heterocycles. The van der Waals surface area contributed by atoms with E-state index in [1.165, 1.54) is 12.8 Å². The van der Waals surface area contributed by atoms with Gasteiger partial charge in [-0.15, -0.1) is 0 Å². The maximum absolute atomic E-state index is 12.6. The van der Waals surface area contributed by atoms with E-state index in [1.54, 1.807) is 7.11 Å². The molecule has 0 aromatic rings. The quantitative estimate of drug-likeness (QED) is 0.771. The topological polar surface area (TPSA) is 55.8 Å². The molecule has 4 fully saturated rings. The van der Waals surface area contributed by atoms with Crippen molar-refractivity contribution in [2.75, 3.05) is 7.11 Å². The molecule has 148 valence electrons. The van der Waals surface area contributed by atoms with E-state index >= 15 is 0 Å². The van der Waals surface area contributed by atoms with Gasteiger partial charge in [0.05, 0.1) is 18.1 Å². The Morgan fingerprint density at radius 2 is 1.42 bits per heavy atom. The zero-order chi connectivity index (χ0) is 18.3. The summed E-state index contributed by atoms with van der Waals surface area (Å²) in [7, 11) is 1.77. The van der Waals surface area contributed by atoms with Crippen LogP contribution in [-0.2, 0) is 14.3 Å². The van der Waals surface area contributed by atoms with Gasteiger partial charge in [0.1, 0.15) is 6.10 Å². The maximum Gasteiger partial charge on any atom is 0.309 e. The largest absolute Gasteiger partial charge is 0.462 e.